The smallest absolute Gasteiger partial charge is 0.132 e. The number of hydrogen-bond acceptors (Lipinski definition) is 2. The van der Waals surface area contributed by atoms with E-state index in [0.29, 0.717) is 6.04 Å². The molecule has 100 valence electrons. The molecule has 0 amide bonds. The van der Waals surface area contributed by atoms with Crippen LogP contribution in [0.2, 0.25) is 0 Å². The highest BCUT2D eigenvalue weighted by Gasteiger charge is 2.33. The summed E-state index contributed by atoms with van der Waals surface area (Å²) in [5.74, 6) is 1.09. The summed E-state index contributed by atoms with van der Waals surface area (Å²) in [7, 11) is 0. The Hall–Kier alpha value is -1.54. The zero-order chi connectivity index (χ0) is 13.2. The summed E-state index contributed by atoms with van der Waals surface area (Å²) in [4.78, 5) is 0. The summed E-state index contributed by atoms with van der Waals surface area (Å²) < 4.78 is 6.26. The topological polar surface area (TPSA) is 21.3 Å². The van der Waals surface area contributed by atoms with Crippen LogP contribution in [0.4, 0.5) is 0 Å². The van der Waals surface area contributed by atoms with Crippen molar-refractivity contribution in [1.29, 1.82) is 0 Å². The summed E-state index contributed by atoms with van der Waals surface area (Å²) in [6, 6.07) is 13.2. The second-order valence-corrected chi connectivity index (χ2v) is 5.19. The van der Waals surface area contributed by atoms with Gasteiger partial charge in [0.05, 0.1) is 6.04 Å². The third-order valence-electron chi connectivity index (χ3n) is 3.88. The maximum absolute atomic E-state index is 6.26. The van der Waals surface area contributed by atoms with Crippen LogP contribution in [0.15, 0.2) is 36.4 Å². The van der Waals surface area contributed by atoms with Crippen LogP contribution in [-0.4, -0.2) is 12.6 Å². The third kappa shape index (κ3) is 2.10. The van der Waals surface area contributed by atoms with E-state index in [2.05, 4.69) is 55.6 Å². The molecular formula is C17H21NO. The Bertz CT molecular complexity index is 578. The minimum absolute atomic E-state index is 0.269. The first-order valence-corrected chi connectivity index (χ1v) is 7.26. The second kappa shape index (κ2) is 5.22. The molecule has 0 saturated carbocycles. The normalized spacial score (nSPS) is 21.4. The quantitative estimate of drug-likeness (QED) is 0.890. The van der Waals surface area contributed by atoms with Crippen molar-refractivity contribution in [1.82, 2.24) is 5.32 Å². The summed E-state index contributed by atoms with van der Waals surface area (Å²) in [6.45, 7) is 5.34. The highest BCUT2D eigenvalue weighted by atomic mass is 16.5. The van der Waals surface area contributed by atoms with Crippen molar-refractivity contribution in [2.75, 3.05) is 6.54 Å². The average Bonchev–Trinajstić information content (AvgIpc) is 2.78. The van der Waals surface area contributed by atoms with Gasteiger partial charge in [0, 0.05) is 10.9 Å². The molecule has 0 spiro atoms. The zero-order valence-corrected chi connectivity index (χ0v) is 11.6. The number of nitrogens with one attached hydrogen (secondary N) is 1. The molecule has 1 heterocycles. The maximum atomic E-state index is 6.26. The van der Waals surface area contributed by atoms with E-state index in [1.807, 2.05) is 0 Å². The molecule has 2 unspecified atom stereocenters. The van der Waals surface area contributed by atoms with Crippen LogP contribution in [0.1, 0.15) is 38.3 Å². The number of likely N-dealkylation sites (N-methyl/N-ethyl adjacent to an activating group) is 1. The fourth-order valence-electron chi connectivity index (χ4n) is 3.03. The highest BCUT2D eigenvalue weighted by Crippen LogP contribution is 2.42. The molecule has 19 heavy (non-hydrogen) atoms. The Morgan fingerprint density at radius 1 is 1.11 bits per heavy atom. The van der Waals surface area contributed by atoms with Crippen LogP contribution in [0, 0.1) is 0 Å². The van der Waals surface area contributed by atoms with Gasteiger partial charge in [0.25, 0.3) is 0 Å². The molecule has 2 atom stereocenters. The highest BCUT2D eigenvalue weighted by molar-refractivity contribution is 5.90. The Balaban J connectivity index is 2.08. The predicted molar refractivity (Wildman–Crippen MR) is 79.7 cm³/mol. The Morgan fingerprint density at radius 2 is 1.95 bits per heavy atom. The first-order valence-electron chi connectivity index (χ1n) is 7.26. The van der Waals surface area contributed by atoms with Crippen LogP contribution < -0.4 is 10.1 Å². The van der Waals surface area contributed by atoms with Gasteiger partial charge in [-0.05, 0) is 18.4 Å². The average molecular weight is 255 g/mol. The molecule has 0 aromatic heterocycles. The lowest BCUT2D eigenvalue weighted by molar-refractivity contribution is 0.180. The van der Waals surface area contributed by atoms with Gasteiger partial charge < -0.3 is 10.1 Å². The molecule has 1 N–H and O–H groups in total. The fraction of sp³-hybridized carbons (Fsp3) is 0.412. The van der Waals surface area contributed by atoms with Crippen molar-refractivity contribution in [2.24, 2.45) is 0 Å². The Morgan fingerprint density at radius 3 is 2.74 bits per heavy atom. The third-order valence-corrected chi connectivity index (χ3v) is 3.88. The maximum Gasteiger partial charge on any atom is 0.132 e. The molecule has 0 radical (unpaired) electrons. The fourth-order valence-corrected chi connectivity index (χ4v) is 3.03. The standard InChI is InChI=1S/C17H21NO/c1-3-7-15-16(18-4-2)14-11-10-12-8-5-6-9-13(12)17(14)19-15/h5-6,8-11,15-16,18H,3-4,7H2,1-2H3. The van der Waals surface area contributed by atoms with Crippen LogP contribution >= 0.6 is 0 Å². The zero-order valence-electron chi connectivity index (χ0n) is 11.6. The van der Waals surface area contributed by atoms with Gasteiger partial charge in [-0.2, -0.15) is 0 Å². The van der Waals surface area contributed by atoms with Crippen molar-refractivity contribution >= 4 is 10.8 Å². The van der Waals surface area contributed by atoms with E-state index < -0.39 is 0 Å². The Labute approximate surface area is 114 Å². The van der Waals surface area contributed by atoms with Crippen molar-refractivity contribution in [2.45, 2.75) is 38.8 Å². The molecule has 2 aromatic rings. The number of hydrogen-bond donors (Lipinski definition) is 1. The van der Waals surface area contributed by atoms with Gasteiger partial charge in [0.1, 0.15) is 11.9 Å². The molecule has 0 saturated heterocycles. The van der Waals surface area contributed by atoms with E-state index in [-0.39, 0.29) is 6.10 Å². The molecule has 0 fully saturated rings. The first kappa shape index (κ1) is 12.5. The van der Waals surface area contributed by atoms with Crippen LogP contribution in [0.3, 0.4) is 0 Å². The lowest BCUT2D eigenvalue weighted by atomic mass is 9.98. The summed E-state index contributed by atoms with van der Waals surface area (Å²) in [5.41, 5.74) is 1.32. The molecule has 0 bridgehead atoms. The van der Waals surface area contributed by atoms with Crippen molar-refractivity contribution in [3.8, 4) is 5.75 Å². The van der Waals surface area contributed by atoms with E-state index in [1.54, 1.807) is 0 Å². The molecule has 1 aliphatic heterocycles. The van der Waals surface area contributed by atoms with Gasteiger partial charge in [-0.3, -0.25) is 0 Å². The van der Waals surface area contributed by atoms with Crippen molar-refractivity contribution in [3.63, 3.8) is 0 Å². The van der Waals surface area contributed by atoms with Gasteiger partial charge in [0.2, 0.25) is 0 Å². The van der Waals surface area contributed by atoms with E-state index in [9.17, 15) is 0 Å². The largest absolute Gasteiger partial charge is 0.487 e. The molecule has 2 heteroatoms. The molecule has 2 nitrogen and oxygen atoms in total. The molecule has 1 aliphatic rings. The van der Waals surface area contributed by atoms with Gasteiger partial charge >= 0.3 is 0 Å². The summed E-state index contributed by atoms with van der Waals surface area (Å²) >= 11 is 0. The summed E-state index contributed by atoms with van der Waals surface area (Å²) in [6.07, 6.45) is 2.52. The van der Waals surface area contributed by atoms with Gasteiger partial charge in [0.15, 0.2) is 0 Å². The summed E-state index contributed by atoms with van der Waals surface area (Å²) in [5, 5.41) is 6.07. The van der Waals surface area contributed by atoms with E-state index in [0.717, 1.165) is 25.1 Å². The minimum atomic E-state index is 0.269. The van der Waals surface area contributed by atoms with Gasteiger partial charge in [-0.1, -0.05) is 56.7 Å². The Kier molecular flexibility index (Phi) is 3.43. The van der Waals surface area contributed by atoms with Crippen LogP contribution in [-0.2, 0) is 0 Å². The SMILES string of the molecule is CCCC1Oc2c(ccc3ccccc23)C1NCC. The van der Waals surface area contributed by atoms with E-state index in [1.165, 1.54) is 16.3 Å². The predicted octanol–water partition coefficient (Wildman–Crippen LogP) is 4.05. The first-order chi connectivity index (χ1) is 9.35. The van der Waals surface area contributed by atoms with E-state index >= 15 is 0 Å². The molecular weight excluding hydrogens is 234 g/mol. The lowest BCUT2D eigenvalue weighted by Crippen LogP contribution is -2.30. The number of ether oxygens (including phenoxy) is 1. The minimum Gasteiger partial charge on any atom is -0.487 e. The second-order valence-electron chi connectivity index (χ2n) is 5.19. The number of rotatable bonds is 4. The molecule has 3 rings (SSSR count). The lowest BCUT2D eigenvalue weighted by Gasteiger charge is -2.18. The van der Waals surface area contributed by atoms with Gasteiger partial charge in [-0.25, -0.2) is 0 Å². The van der Waals surface area contributed by atoms with Crippen LogP contribution in [0.5, 0.6) is 5.75 Å². The number of benzene rings is 2. The monoisotopic (exact) mass is 255 g/mol. The van der Waals surface area contributed by atoms with Gasteiger partial charge in [-0.15, -0.1) is 0 Å². The van der Waals surface area contributed by atoms with Crippen molar-refractivity contribution < 1.29 is 4.74 Å². The number of fused-ring (bicyclic) bond motifs is 3. The molecule has 2 aromatic carbocycles. The van der Waals surface area contributed by atoms with E-state index in [4.69, 9.17) is 4.74 Å². The van der Waals surface area contributed by atoms with Crippen LogP contribution in [0.25, 0.3) is 10.8 Å². The molecule has 0 aliphatic carbocycles. The van der Waals surface area contributed by atoms with Crippen molar-refractivity contribution in [3.05, 3.63) is 42.0 Å².